The molecular weight excluding hydrogens is 302 g/mol. The number of quaternary nitrogens is 1. The summed E-state index contributed by atoms with van der Waals surface area (Å²) in [6.45, 7) is 5.74. The van der Waals surface area contributed by atoms with Crippen molar-refractivity contribution in [1.29, 1.82) is 0 Å². The van der Waals surface area contributed by atoms with Crippen LogP contribution in [-0.2, 0) is 13.1 Å². The molecule has 2 aromatic rings. The summed E-state index contributed by atoms with van der Waals surface area (Å²) in [6.07, 6.45) is 1.56. The number of fused-ring (bicyclic) bond motifs is 1. The Bertz CT molecular complexity index is 723. The zero-order valence-electron chi connectivity index (χ0n) is 13.9. The molecule has 0 aliphatic carbocycles. The van der Waals surface area contributed by atoms with Gasteiger partial charge in [0.1, 0.15) is 10.2 Å². The van der Waals surface area contributed by atoms with E-state index in [0.29, 0.717) is 23.4 Å². The second-order valence-electron chi connectivity index (χ2n) is 5.90. The van der Waals surface area contributed by atoms with Crippen LogP contribution >= 0.6 is 12.2 Å². The minimum atomic E-state index is -0.0930. The Hall–Kier alpha value is -1.51. The van der Waals surface area contributed by atoms with E-state index < -0.39 is 0 Å². The van der Waals surface area contributed by atoms with Gasteiger partial charge in [-0.05, 0) is 13.8 Å². The van der Waals surface area contributed by atoms with Crippen LogP contribution in [-0.4, -0.2) is 57.9 Å². The van der Waals surface area contributed by atoms with Crippen molar-refractivity contribution in [3.8, 4) is 0 Å². The van der Waals surface area contributed by atoms with E-state index in [4.69, 9.17) is 12.2 Å². The van der Waals surface area contributed by atoms with Crippen molar-refractivity contribution >= 4 is 23.4 Å². The molecule has 2 aromatic heterocycles. The smallest absolute Gasteiger partial charge is 0.330 e. The molecule has 0 radical (unpaired) electrons. The SMILES string of the molecule is CCn1c(=S)c2[nH]cnc2n(CC)c1=O.C[N+](C)(C)CC[O-]. The minimum absolute atomic E-state index is 0.0312. The zero-order valence-corrected chi connectivity index (χ0v) is 14.7. The summed E-state index contributed by atoms with van der Waals surface area (Å²) in [7, 11) is 6.04. The van der Waals surface area contributed by atoms with Crippen LogP contribution in [0.4, 0.5) is 0 Å². The van der Waals surface area contributed by atoms with Crippen molar-refractivity contribution in [3.05, 3.63) is 21.5 Å². The minimum Gasteiger partial charge on any atom is -0.850 e. The van der Waals surface area contributed by atoms with Gasteiger partial charge in [0.2, 0.25) is 0 Å². The van der Waals surface area contributed by atoms with Crippen LogP contribution in [0.15, 0.2) is 11.1 Å². The van der Waals surface area contributed by atoms with Gasteiger partial charge in [0.25, 0.3) is 0 Å². The quantitative estimate of drug-likeness (QED) is 0.649. The van der Waals surface area contributed by atoms with Crippen LogP contribution in [0.1, 0.15) is 13.8 Å². The predicted molar refractivity (Wildman–Crippen MR) is 88.3 cm³/mol. The Morgan fingerprint density at radius 1 is 1.27 bits per heavy atom. The molecule has 7 nitrogen and oxygen atoms in total. The van der Waals surface area contributed by atoms with Crippen LogP contribution in [0.2, 0.25) is 0 Å². The molecule has 124 valence electrons. The van der Waals surface area contributed by atoms with Crippen LogP contribution in [0.3, 0.4) is 0 Å². The average Bonchev–Trinajstić information content (AvgIpc) is 2.88. The van der Waals surface area contributed by atoms with Crippen molar-refractivity contribution in [3.63, 3.8) is 0 Å². The fourth-order valence-corrected chi connectivity index (χ4v) is 2.30. The van der Waals surface area contributed by atoms with Gasteiger partial charge in [-0.2, -0.15) is 0 Å². The third-order valence-corrected chi connectivity index (χ3v) is 3.61. The summed E-state index contributed by atoms with van der Waals surface area (Å²) < 4.78 is 4.49. The maximum atomic E-state index is 12.0. The topological polar surface area (TPSA) is 78.7 Å². The lowest BCUT2D eigenvalue weighted by Crippen LogP contribution is -2.39. The van der Waals surface area contributed by atoms with Gasteiger partial charge in [0, 0.05) is 13.1 Å². The number of H-pyrrole nitrogens is 1. The van der Waals surface area contributed by atoms with Crippen LogP contribution in [0.25, 0.3) is 11.2 Å². The Labute approximate surface area is 135 Å². The molecular formula is C14H25N5O2S. The number of aryl methyl sites for hydroxylation is 1. The fourth-order valence-electron chi connectivity index (χ4n) is 1.94. The molecule has 0 amide bonds. The summed E-state index contributed by atoms with van der Waals surface area (Å²) in [5, 5.41) is 9.93. The van der Waals surface area contributed by atoms with Gasteiger partial charge in [0.15, 0.2) is 5.65 Å². The van der Waals surface area contributed by atoms with Crippen LogP contribution in [0.5, 0.6) is 0 Å². The van der Waals surface area contributed by atoms with Gasteiger partial charge in [-0.25, -0.2) is 9.78 Å². The number of hydrogen-bond acceptors (Lipinski definition) is 4. The molecule has 0 atom stereocenters. The molecule has 22 heavy (non-hydrogen) atoms. The van der Waals surface area contributed by atoms with E-state index in [9.17, 15) is 9.90 Å². The molecule has 2 rings (SSSR count). The zero-order chi connectivity index (χ0) is 16.9. The standard InChI is InChI=1S/C9H12N4OS.C5H13NO/c1-3-12-7-6(10-5-11-7)8(15)13(4-2)9(12)14;1-6(2,3)4-5-7/h5H,3-4H2,1-2H3,(H,10,11);4-5H2,1-3H3. The van der Waals surface area contributed by atoms with Gasteiger partial charge in [-0.3, -0.25) is 9.13 Å². The first-order valence-electron chi connectivity index (χ1n) is 7.32. The molecule has 0 saturated heterocycles. The third-order valence-electron chi connectivity index (χ3n) is 3.19. The first-order valence-corrected chi connectivity index (χ1v) is 7.72. The number of rotatable bonds is 4. The highest BCUT2D eigenvalue weighted by Crippen LogP contribution is 2.08. The normalized spacial score (nSPS) is 11.4. The van der Waals surface area contributed by atoms with E-state index in [1.165, 1.54) is 0 Å². The third kappa shape index (κ3) is 4.25. The van der Waals surface area contributed by atoms with Gasteiger partial charge < -0.3 is 14.6 Å². The van der Waals surface area contributed by atoms with Crippen LogP contribution < -0.4 is 10.8 Å². The van der Waals surface area contributed by atoms with E-state index in [-0.39, 0.29) is 12.3 Å². The Balaban J connectivity index is 0.000000295. The Morgan fingerprint density at radius 3 is 2.27 bits per heavy atom. The fraction of sp³-hybridized carbons (Fsp3) is 0.643. The highest BCUT2D eigenvalue weighted by atomic mass is 32.1. The molecule has 0 aliphatic rings. The Morgan fingerprint density at radius 2 is 1.86 bits per heavy atom. The van der Waals surface area contributed by atoms with Crippen molar-refractivity contribution in [2.75, 3.05) is 34.3 Å². The maximum absolute atomic E-state index is 12.0. The summed E-state index contributed by atoms with van der Waals surface area (Å²) in [5.41, 5.74) is 1.30. The van der Waals surface area contributed by atoms with E-state index in [0.717, 1.165) is 16.5 Å². The van der Waals surface area contributed by atoms with Crippen molar-refractivity contribution in [2.45, 2.75) is 26.9 Å². The molecule has 0 unspecified atom stereocenters. The first kappa shape index (κ1) is 18.5. The molecule has 0 saturated carbocycles. The second kappa shape index (κ2) is 7.66. The highest BCUT2D eigenvalue weighted by Gasteiger charge is 2.09. The summed E-state index contributed by atoms with van der Waals surface area (Å²) in [6, 6.07) is 0. The van der Waals surface area contributed by atoms with E-state index in [2.05, 4.69) is 9.97 Å². The van der Waals surface area contributed by atoms with E-state index in [1.807, 2.05) is 35.0 Å². The molecule has 0 fully saturated rings. The highest BCUT2D eigenvalue weighted by molar-refractivity contribution is 7.71. The van der Waals surface area contributed by atoms with Gasteiger partial charge in [0.05, 0.1) is 34.0 Å². The predicted octanol–water partition coefficient (Wildman–Crippen LogP) is 0.348. The average molecular weight is 327 g/mol. The van der Waals surface area contributed by atoms with Gasteiger partial charge in [-0.15, -0.1) is 0 Å². The lowest BCUT2D eigenvalue weighted by Gasteiger charge is -2.25. The number of nitrogens with zero attached hydrogens (tertiary/aromatic N) is 4. The number of aromatic nitrogens is 4. The van der Waals surface area contributed by atoms with Crippen molar-refractivity contribution in [2.24, 2.45) is 0 Å². The lowest BCUT2D eigenvalue weighted by molar-refractivity contribution is -0.875. The van der Waals surface area contributed by atoms with Gasteiger partial charge in [-0.1, -0.05) is 18.8 Å². The number of aromatic amines is 1. The van der Waals surface area contributed by atoms with Gasteiger partial charge >= 0.3 is 5.69 Å². The number of likely N-dealkylation sites (N-methyl/N-ethyl adjacent to an activating group) is 1. The molecule has 0 bridgehead atoms. The Kier molecular flexibility index (Phi) is 6.46. The number of hydrogen-bond donors (Lipinski definition) is 1. The number of nitrogens with one attached hydrogen (secondary N) is 1. The lowest BCUT2D eigenvalue weighted by atomic mass is 10.5. The molecule has 0 spiro atoms. The van der Waals surface area contributed by atoms with Crippen LogP contribution in [0, 0.1) is 4.64 Å². The maximum Gasteiger partial charge on any atom is 0.330 e. The van der Waals surface area contributed by atoms with E-state index >= 15 is 0 Å². The molecule has 0 aromatic carbocycles. The molecule has 2 heterocycles. The molecule has 0 aliphatic heterocycles. The summed E-state index contributed by atoms with van der Waals surface area (Å²) >= 11 is 5.22. The largest absolute Gasteiger partial charge is 0.850 e. The van der Waals surface area contributed by atoms with Crippen molar-refractivity contribution < 1.29 is 9.59 Å². The summed E-state index contributed by atoms with van der Waals surface area (Å²) in [5.74, 6) is 0. The monoisotopic (exact) mass is 327 g/mol. The van der Waals surface area contributed by atoms with Crippen molar-refractivity contribution in [1.82, 2.24) is 19.1 Å². The molecule has 1 N–H and O–H groups in total. The number of imidazole rings is 1. The second-order valence-corrected chi connectivity index (χ2v) is 6.28. The summed E-state index contributed by atoms with van der Waals surface area (Å²) in [4.78, 5) is 19.1. The first-order chi connectivity index (χ1) is 10.3. The van der Waals surface area contributed by atoms with E-state index in [1.54, 1.807) is 15.5 Å². The molecule has 8 heteroatoms.